The van der Waals surface area contributed by atoms with E-state index >= 15 is 0 Å². The summed E-state index contributed by atoms with van der Waals surface area (Å²) in [7, 11) is 0. The zero-order valence-electron chi connectivity index (χ0n) is 13.0. The second-order valence-electron chi connectivity index (χ2n) is 5.35. The van der Waals surface area contributed by atoms with Crippen LogP contribution in [-0.4, -0.2) is 19.6 Å². The molecule has 0 amide bonds. The van der Waals surface area contributed by atoms with Crippen LogP contribution in [0.15, 0.2) is 60.8 Å². The second kappa shape index (κ2) is 6.29. The van der Waals surface area contributed by atoms with Crippen molar-refractivity contribution in [3.05, 3.63) is 65.9 Å². The zero-order valence-corrected chi connectivity index (χ0v) is 13.8. The first kappa shape index (κ1) is 15.2. The molecule has 124 valence electrons. The Morgan fingerprint density at radius 2 is 1.68 bits per heavy atom. The molecule has 8 heteroatoms. The summed E-state index contributed by atoms with van der Waals surface area (Å²) >= 11 is 6.07. The van der Waals surface area contributed by atoms with Gasteiger partial charge in [0.1, 0.15) is 22.6 Å². The fourth-order valence-electron chi connectivity index (χ4n) is 2.45. The van der Waals surface area contributed by atoms with E-state index in [0.717, 1.165) is 5.69 Å². The first-order valence-electron chi connectivity index (χ1n) is 7.54. The van der Waals surface area contributed by atoms with Crippen molar-refractivity contribution in [1.29, 1.82) is 0 Å². The van der Waals surface area contributed by atoms with Gasteiger partial charge in [-0.25, -0.2) is 9.97 Å². The SMILES string of the molecule is Nc1cc(Nc2ccccc2)nc(Nc2cc(Cl)nc3ccnn23)c1. The van der Waals surface area contributed by atoms with Crippen molar-refractivity contribution in [3.8, 4) is 0 Å². The summed E-state index contributed by atoms with van der Waals surface area (Å²) in [4.78, 5) is 8.74. The lowest BCUT2D eigenvalue weighted by atomic mass is 10.3. The van der Waals surface area contributed by atoms with Gasteiger partial charge in [-0.05, 0) is 12.1 Å². The topological polar surface area (TPSA) is 93.2 Å². The molecule has 0 aliphatic heterocycles. The van der Waals surface area contributed by atoms with E-state index in [1.807, 2.05) is 30.3 Å². The van der Waals surface area contributed by atoms with Gasteiger partial charge in [-0.15, -0.1) is 0 Å². The predicted octanol–water partition coefficient (Wildman–Crippen LogP) is 3.85. The highest BCUT2D eigenvalue weighted by Gasteiger charge is 2.08. The van der Waals surface area contributed by atoms with Crippen molar-refractivity contribution >= 4 is 46.1 Å². The first-order chi connectivity index (χ1) is 12.2. The first-order valence-corrected chi connectivity index (χ1v) is 7.92. The molecule has 25 heavy (non-hydrogen) atoms. The molecule has 0 aliphatic carbocycles. The highest BCUT2D eigenvalue weighted by molar-refractivity contribution is 6.29. The van der Waals surface area contributed by atoms with Crippen LogP contribution in [0.3, 0.4) is 0 Å². The van der Waals surface area contributed by atoms with Crippen LogP contribution in [-0.2, 0) is 0 Å². The van der Waals surface area contributed by atoms with Crippen LogP contribution < -0.4 is 16.4 Å². The Balaban J connectivity index is 1.67. The quantitative estimate of drug-likeness (QED) is 0.483. The highest BCUT2D eigenvalue weighted by Crippen LogP contribution is 2.24. The average Bonchev–Trinajstić information content (AvgIpc) is 3.03. The van der Waals surface area contributed by atoms with E-state index < -0.39 is 0 Å². The maximum absolute atomic E-state index is 6.07. The summed E-state index contributed by atoms with van der Waals surface area (Å²) in [5.74, 6) is 1.84. The van der Waals surface area contributed by atoms with Crippen molar-refractivity contribution in [2.75, 3.05) is 16.4 Å². The lowest BCUT2D eigenvalue weighted by molar-refractivity contribution is 0.945. The van der Waals surface area contributed by atoms with Gasteiger partial charge < -0.3 is 16.4 Å². The Labute approximate surface area is 148 Å². The minimum atomic E-state index is 0.363. The second-order valence-corrected chi connectivity index (χ2v) is 5.74. The molecule has 4 aromatic rings. The van der Waals surface area contributed by atoms with Gasteiger partial charge in [-0.1, -0.05) is 29.8 Å². The van der Waals surface area contributed by atoms with Crippen LogP contribution in [0, 0.1) is 0 Å². The normalized spacial score (nSPS) is 10.8. The van der Waals surface area contributed by atoms with E-state index in [2.05, 4.69) is 25.7 Å². The van der Waals surface area contributed by atoms with E-state index in [1.54, 1.807) is 35.0 Å². The van der Waals surface area contributed by atoms with Gasteiger partial charge >= 0.3 is 0 Å². The summed E-state index contributed by atoms with van der Waals surface area (Å²) in [6.45, 7) is 0. The molecule has 4 rings (SSSR count). The van der Waals surface area contributed by atoms with Gasteiger partial charge in [0.2, 0.25) is 0 Å². The fraction of sp³-hybridized carbons (Fsp3) is 0. The van der Waals surface area contributed by atoms with E-state index in [9.17, 15) is 0 Å². The van der Waals surface area contributed by atoms with Gasteiger partial charge in [-0.2, -0.15) is 9.61 Å². The molecule has 0 radical (unpaired) electrons. The van der Waals surface area contributed by atoms with Crippen molar-refractivity contribution in [2.45, 2.75) is 0 Å². The Morgan fingerprint density at radius 3 is 2.48 bits per heavy atom. The van der Waals surface area contributed by atoms with Crippen LogP contribution in [0.5, 0.6) is 0 Å². The molecule has 1 aromatic carbocycles. The third-order valence-electron chi connectivity index (χ3n) is 3.48. The highest BCUT2D eigenvalue weighted by atomic mass is 35.5. The molecule has 4 N–H and O–H groups in total. The van der Waals surface area contributed by atoms with Gasteiger partial charge in [0.05, 0.1) is 6.20 Å². The third kappa shape index (κ3) is 3.31. The molecule has 0 bridgehead atoms. The number of fused-ring (bicyclic) bond motifs is 1. The summed E-state index contributed by atoms with van der Waals surface area (Å²) in [6.07, 6.45) is 1.65. The van der Waals surface area contributed by atoms with E-state index in [1.165, 1.54) is 0 Å². The monoisotopic (exact) mass is 351 g/mol. The number of halogens is 1. The van der Waals surface area contributed by atoms with Crippen LogP contribution in [0.1, 0.15) is 0 Å². The van der Waals surface area contributed by atoms with Gasteiger partial charge in [0, 0.05) is 35.6 Å². The Kier molecular flexibility index (Phi) is 3.83. The summed E-state index contributed by atoms with van der Waals surface area (Å²) in [5, 5.41) is 11.0. The van der Waals surface area contributed by atoms with E-state index in [0.29, 0.717) is 33.9 Å². The van der Waals surface area contributed by atoms with Crippen molar-refractivity contribution in [1.82, 2.24) is 19.6 Å². The van der Waals surface area contributed by atoms with Crippen LogP contribution in [0.25, 0.3) is 5.65 Å². The molecule has 3 heterocycles. The molecule has 0 saturated heterocycles. The predicted molar refractivity (Wildman–Crippen MR) is 99.7 cm³/mol. The smallest absolute Gasteiger partial charge is 0.159 e. The molecule has 7 nitrogen and oxygen atoms in total. The Morgan fingerprint density at radius 1 is 0.920 bits per heavy atom. The molecular weight excluding hydrogens is 338 g/mol. The van der Waals surface area contributed by atoms with E-state index in [-0.39, 0.29) is 0 Å². The summed E-state index contributed by atoms with van der Waals surface area (Å²) in [5.41, 5.74) is 8.15. The number of pyridine rings is 1. The Hall–Kier alpha value is -3.32. The Bertz CT molecular complexity index is 1030. The van der Waals surface area contributed by atoms with Gasteiger partial charge in [-0.3, -0.25) is 0 Å². The number of aromatic nitrogens is 4. The minimum absolute atomic E-state index is 0.363. The molecule has 0 fully saturated rings. The zero-order chi connectivity index (χ0) is 17.2. The number of rotatable bonds is 4. The largest absolute Gasteiger partial charge is 0.399 e. The molecule has 0 atom stereocenters. The molecule has 0 unspecified atom stereocenters. The number of hydrogen-bond acceptors (Lipinski definition) is 6. The van der Waals surface area contributed by atoms with E-state index in [4.69, 9.17) is 17.3 Å². The summed E-state index contributed by atoms with van der Waals surface area (Å²) in [6, 6.07) is 16.7. The van der Waals surface area contributed by atoms with Crippen molar-refractivity contribution in [2.24, 2.45) is 0 Å². The number of benzene rings is 1. The summed E-state index contributed by atoms with van der Waals surface area (Å²) < 4.78 is 1.64. The number of nitrogen functional groups attached to an aromatic ring is 1. The number of hydrogen-bond donors (Lipinski definition) is 3. The standard InChI is InChI=1S/C17H14ClN7/c18-13-10-17(25-16(22-13)6-7-20-25)24-15-9-11(19)8-14(23-15)21-12-4-2-1-3-5-12/h1-10H,(H4,19,21,23,24). The van der Waals surface area contributed by atoms with Crippen LogP contribution in [0.4, 0.5) is 28.8 Å². The maximum atomic E-state index is 6.07. The lowest BCUT2D eigenvalue weighted by Gasteiger charge is -2.11. The number of nitrogens with one attached hydrogen (secondary N) is 2. The number of nitrogens with zero attached hydrogens (tertiary/aromatic N) is 4. The average molecular weight is 352 g/mol. The molecule has 0 aliphatic rings. The number of para-hydroxylation sites is 1. The molecular formula is C17H14ClN7. The van der Waals surface area contributed by atoms with Crippen molar-refractivity contribution < 1.29 is 0 Å². The minimum Gasteiger partial charge on any atom is -0.399 e. The third-order valence-corrected chi connectivity index (χ3v) is 3.67. The van der Waals surface area contributed by atoms with Crippen LogP contribution in [0.2, 0.25) is 5.15 Å². The molecule has 3 aromatic heterocycles. The van der Waals surface area contributed by atoms with Crippen LogP contribution >= 0.6 is 11.6 Å². The van der Waals surface area contributed by atoms with Gasteiger partial charge in [0.25, 0.3) is 0 Å². The molecule has 0 saturated carbocycles. The lowest BCUT2D eigenvalue weighted by Crippen LogP contribution is -2.04. The fourth-order valence-corrected chi connectivity index (χ4v) is 2.64. The number of anilines is 5. The van der Waals surface area contributed by atoms with Gasteiger partial charge in [0.15, 0.2) is 5.65 Å². The molecule has 0 spiro atoms. The van der Waals surface area contributed by atoms with Crippen molar-refractivity contribution in [3.63, 3.8) is 0 Å². The number of nitrogens with two attached hydrogens (primary N) is 1. The maximum Gasteiger partial charge on any atom is 0.159 e.